The minimum absolute atomic E-state index is 0.165. The average Bonchev–Trinajstić information content (AvgIpc) is 2.44. The topological polar surface area (TPSA) is 33.2 Å². The van der Waals surface area contributed by atoms with Gasteiger partial charge in [-0.15, -0.1) is 0 Å². The van der Waals surface area contributed by atoms with E-state index in [-0.39, 0.29) is 11.6 Å². The Morgan fingerprint density at radius 3 is 2.43 bits per heavy atom. The number of halogens is 2. The summed E-state index contributed by atoms with van der Waals surface area (Å²) >= 11 is 3.30. The van der Waals surface area contributed by atoms with E-state index in [0.29, 0.717) is 15.7 Å². The Morgan fingerprint density at radius 2 is 1.86 bits per heavy atom. The fourth-order valence-corrected chi connectivity index (χ4v) is 2.21. The maximum absolute atomic E-state index is 13.0. The van der Waals surface area contributed by atoms with Gasteiger partial charge in [0.2, 0.25) is 0 Å². The molecule has 0 atom stereocenters. The molecule has 2 rings (SSSR count). The van der Waals surface area contributed by atoms with Crippen LogP contribution in [0.1, 0.15) is 15.9 Å². The molecular formula is C16H14BrFN2O. The van der Waals surface area contributed by atoms with E-state index in [1.54, 1.807) is 29.4 Å². The molecule has 0 saturated heterocycles. The summed E-state index contributed by atoms with van der Waals surface area (Å²) in [5, 5.41) is 0. The van der Waals surface area contributed by atoms with Gasteiger partial charge in [0.05, 0.1) is 0 Å². The van der Waals surface area contributed by atoms with Gasteiger partial charge in [-0.25, -0.2) is 9.37 Å². The molecule has 0 aliphatic carbocycles. The summed E-state index contributed by atoms with van der Waals surface area (Å²) in [4.78, 5) is 18.5. The first-order chi connectivity index (χ1) is 9.97. The standard InChI is InChI=1S/C16H14BrFN2O/c1-20(2)10-14(12-7-8-19-15(17)9-12)16(21)11-3-5-13(18)6-4-11/h3-10H,1-2H3. The van der Waals surface area contributed by atoms with Crippen molar-refractivity contribution in [3.8, 4) is 0 Å². The number of hydrogen-bond donors (Lipinski definition) is 0. The number of pyridine rings is 1. The van der Waals surface area contributed by atoms with Gasteiger partial charge in [0.25, 0.3) is 0 Å². The van der Waals surface area contributed by atoms with Crippen LogP contribution in [-0.4, -0.2) is 29.8 Å². The van der Waals surface area contributed by atoms with Crippen LogP contribution in [-0.2, 0) is 0 Å². The van der Waals surface area contributed by atoms with Crippen LogP contribution in [0.3, 0.4) is 0 Å². The smallest absolute Gasteiger partial charge is 0.195 e. The molecule has 108 valence electrons. The minimum Gasteiger partial charge on any atom is -0.383 e. The third kappa shape index (κ3) is 3.98. The molecule has 1 heterocycles. The van der Waals surface area contributed by atoms with E-state index in [2.05, 4.69) is 20.9 Å². The van der Waals surface area contributed by atoms with E-state index in [1.165, 1.54) is 24.3 Å². The molecule has 0 bridgehead atoms. The highest BCUT2D eigenvalue weighted by molar-refractivity contribution is 9.10. The summed E-state index contributed by atoms with van der Waals surface area (Å²) in [6.07, 6.45) is 3.37. The highest BCUT2D eigenvalue weighted by Gasteiger charge is 2.15. The minimum atomic E-state index is -0.364. The molecule has 0 fully saturated rings. The van der Waals surface area contributed by atoms with Crippen LogP contribution >= 0.6 is 15.9 Å². The Kier molecular flexibility index (Phi) is 4.85. The lowest BCUT2D eigenvalue weighted by Crippen LogP contribution is -2.09. The lowest BCUT2D eigenvalue weighted by Gasteiger charge is -2.12. The maximum atomic E-state index is 13.0. The Labute approximate surface area is 131 Å². The Hall–Kier alpha value is -2.01. The normalized spacial score (nSPS) is 11.3. The molecule has 0 N–H and O–H groups in total. The zero-order valence-electron chi connectivity index (χ0n) is 11.7. The van der Waals surface area contributed by atoms with E-state index in [9.17, 15) is 9.18 Å². The zero-order chi connectivity index (χ0) is 15.4. The van der Waals surface area contributed by atoms with Crippen LogP contribution in [0.5, 0.6) is 0 Å². The predicted molar refractivity (Wildman–Crippen MR) is 84.3 cm³/mol. The summed E-state index contributed by atoms with van der Waals surface area (Å²) in [5.41, 5.74) is 1.71. The van der Waals surface area contributed by atoms with Crippen molar-refractivity contribution >= 4 is 27.3 Å². The third-order valence-electron chi connectivity index (χ3n) is 2.78. The summed E-state index contributed by atoms with van der Waals surface area (Å²) in [7, 11) is 3.68. The highest BCUT2D eigenvalue weighted by Crippen LogP contribution is 2.22. The van der Waals surface area contributed by atoms with Crippen LogP contribution < -0.4 is 0 Å². The average molecular weight is 349 g/mol. The molecule has 0 unspecified atom stereocenters. The Balaban J connectivity index is 2.46. The number of carbonyl (C=O) groups excluding carboxylic acids is 1. The van der Waals surface area contributed by atoms with Gasteiger partial charge in [-0.1, -0.05) is 0 Å². The number of Topliss-reactive ketones (excluding diaryl/α,β-unsaturated/α-hetero) is 1. The fourth-order valence-electron chi connectivity index (χ4n) is 1.85. The summed E-state index contributed by atoms with van der Waals surface area (Å²) < 4.78 is 13.6. The summed E-state index contributed by atoms with van der Waals surface area (Å²) in [6, 6.07) is 9.07. The first-order valence-corrected chi connectivity index (χ1v) is 7.07. The molecule has 0 amide bonds. The van der Waals surface area contributed by atoms with Gasteiger partial charge in [0.1, 0.15) is 10.4 Å². The molecule has 0 spiro atoms. The summed E-state index contributed by atoms with van der Waals surface area (Å²) in [6.45, 7) is 0. The van der Waals surface area contributed by atoms with Gasteiger partial charge in [0.15, 0.2) is 5.78 Å². The second-order valence-corrected chi connectivity index (χ2v) is 5.52. The van der Waals surface area contributed by atoms with Gasteiger partial charge in [-0.2, -0.15) is 0 Å². The van der Waals surface area contributed by atoms with Gasteiger partial charge in [-0.05, 0) is 57.9 Å². The first-order valence-electron chi connectivity index (χ1n) is 6.28. The maximum Gasteiger partial charge on any atom is 0.195 e. The van der Waals surface area contributed by atoms with E-state index >= 15 is 0 Å². The predicted octanol–water partition coefficient (Wildman–Crippen LogP) is 3.77. The molecular weight excluding hydrogens is 335 g/mol. The summed E-state index contributed by atoms with van der Waals surface area (Å²) in [5.74, 6) is -0.529. The van der Waals surface area contributed by atoms with Gasteiger partial charge >= 0.3 is 0 Å². The van der Waals surface area contributed by atoms with Crippen molar-refractivity contribution in [1.82, 2.24) is 9.88 Å². The largest absolute Gasteiger partial charge is 0.383 e. The third-order valence-corrected chi connectivity index (χ3v) is 3.21. The first kappa shape index (κ1) is 15.4. The molecule has 5 heteroatoms. The highest BCUT2D eigenvalue weighted by atomic mass is 79.9. The van der Waals surface area contributed by atoms with Crippen molar-refractivity contribution in [1.29, 1.82) is 0 Å². The number of ketones is 1. The lowest BCUT2D eigenvalue weighted by molar-refractivity contribution is 0.105. The number of hydrogen-bond acceptors (Lipinski definition) is 3. The molecule has 0 radical (unpaired) electrons. The Bertz CT molecular complexity index is 681. The van der Waals surface area contributed by atoms with Crippen LogP contribution in [0, 0.1) is 5.82 Å². The SMILES string of the molecule is CN(C)C=C(C(=O)c1ccc(F)cc1)c1ccnc(Br)c1. The van der Waals surface area contributed by atoms with Gasteiger partial charge in [0, 0.05) is 37.6 Å². The zero-order valence-corrected chi connectivity index (χ0v) is 13.3. The van der Waals surface area contributed by atoms with Crippen molar-refractivity contribution in [2.24, 2.45) is 0 Å². The van der Waals surface area contributed by atoms with Crippen LogP contribution in [0.4, 0.5) is 4.39 Å². The van der Waals surface area contributed by atoms with Gasteiger partial charge in [-0.3, -0.25) is 4.79 Å². The quantitative estimate of drug-likeness (QED) is 0.479. The van der Waals surface area contributed by atoms with E-state index in [0.717, 1.165) is 5.56 Å². The molecule has 0 saturated carbocycles. The van der Waals surface area contributed by atoms with E-state index < -0.39 is 0 Å². The monoisotopic (exact) mass is 348 g/mol. The van der Waals surface area contributed by atoms with Crippen LogP contribution in [0.2, 0.25) is 0 Å². The number of rotatable bonds is 4. The second kappa shape index (κ2) is 6.63. The molecule has 3 nitrogen and oxygen atoms in total. The van der Waals surface area contributed by atoms with Crippen LogP contribution in [0.15, 0.2) is 53.4 Å². The van der Waals surface area contributed by atoms with Gasteiger partial charge < -0.3 is 4.90 Å². The van der Waals surface area contributed by atoms with E-state index in [1.807, 2.05) is 14.1 Å². The van der Waals surface area contributed by atoms with Crippen molar-refractivity contribution in [2.45, 2.75) is 0 Å². The lowest BCUT2D eigenvalue weighted by atomic mass is 9.98. The Morgan fingerprint density at radius 1 is 1.19 bits per heavy atom. The number of benzene rings is 1. The fraction of sp³-hybridized carbons (Fsp3) is 0.125. The van der Waals surface area contributed by atoms with E-state index in [4.69, 9.17) is 0 Å². The number of nitrogens with zero attached hydrogens (tertiary/aromatic N) is 2. The van der Waals surface area contributed by atoms with Crippen molar-refractivity contribution in [2.75, 3.05) is 14.1 Å². The molecule has 1 aromatic heterocycles. The number of aromatic nitrogens is 1. The molecule has 21 heavy (non-hydrogen) atoms. The molecule has 1 aromatic carbocycles. The molecule has 2 aromatic rings. The van der Waals surface area contributed by atoms with Crippen molar-refractivity contribution < 1.29 is 9.18 Å². The number of carbonyl (C=O) groups is 1. The second-order valence-electron chi connectivity index (χ2n) is 4.71. The number of allylic oxidation sites excluding steroid dienone is 1. The van der Waals surface area contributed by atoms with Crippen molar-refractivity contribution in [3.05, 3.63) is 70.3 Å². The van der Waals surface area contributed by atoms with Crippen molar-refractivity contribution in [3.63, 3.8) is 0 Å². The molecule has 0 aliphatic rings. The molecule has 0 aliphatic heterocycles. The van der Waals surface area contributed by atoms with Crippen LogP contribution in [0.25, 0.3) is 5.57 Å².